The summed E-state index contributed by atoms with van der Waals surface area (Å²) in [4.78, 5) is 47.8. The van der Waals surface area contributed by atoms with Crippen LogP contribution in [0.25, 0.3) is 5.69 Å². The minimum atomic E-state index is -0.947. The summed E-state index contributed by atoms with van der Waals surface area (Å²) in [6, 6.07) is 10.5. The molecule has 218 valence electrons. The van der Waals surface area contributed by atoms with Gasteiger partial charge in [0.1, 0.15) is 5.82 Å². The fourth-order valence-corrected chi connectivity index (χ4v) is 5.52. The molecule has 11 nitrogen and oxygen atoms in total. The SMILES string of the molecule is CC(C)N(Cc1ccc(-n2ccc(NC(=O)N3CCN(C(=O)C(C)(C)N)CC3)nc2=O)cc1)C1CCC(N)CC1. The van der Waals surface area contributed by atoms with Crippen molar-refractivity contribution < 1.29 is 9.59 Å². The van der Waals surface area contributed by atoms with Crippen LogP contribution in [0, 0.1) is 0 Å². The number of nitrogens with two attached hydrogens (primary N) is 2. The van der Waals surface area contributed by atoms with Gasteiger partial charge >= 0.3 is 11.7 Å². The van der Waals surface area contributed by atoms with Gasteiger partial charge in [-0.3, -0.25) is 19.6 Å². The van der Waals surface area contributed by atoms with Crippen molar-refractivity contribution in [3.8, 4) is 5.69 Å². The van der Waals surface area contributed by atoms with Gasteiger partial charge in [-0.15, -0.1) is 0 Å². The van der Waals surface area contributed by atoms with Crippen molar-refractivity contribution in [1.29, 1.82) is 0 Å². The van der Waals surface area contributed by atoms with Crippen molar-refractivity contribution >= 4 is 17.8 Å². The Morgan fingerprint density at radius 1 is 1.02 bits per heavy atom. The van der Waals surface area contributed by atoms with E-state index < -0.39 is 11.2 Å². The molecular formula is C29H44N8O3. The zero-order valence-electron chi connectivity index (χ0n) is 24.2. The van der Waals surface area contributed by atoms with Gasteiger partial charge in [-0.2, -0.15) is 4.98 Å². The Labute approximate surface area is 236 Å². The number of anilines is 1. The second-order valence-corrected chi connectivity index (χ2v) is 11.9. The Hall–Kier alpha value is -3.28. The van der Waals surface area contributed by atoms with E-state index in [1.54, 1.807) is 35.9 Å². The zero-order valence-corrected chi connectivity index (χ0v) is 24.2. The van der Waals surface area contributed by atoms with Gasteiger partial charge in [0.2, 0.25) is 5.91 Å². The molecule has 1 aromatic carbocycles. The second-order valence-electron chi connectivity index (χ2n) is 11.9. The number of nitrogens with zero attached hydrogens (tertiary/aromatic N) is 5. The molecule has 11 heteroatoms. The lowest BCUT2D eigenvalue weighted by atomic mass is 9.90. The van der Waals surface area contributed by atoms with Crippen molar-refractivity contribution in [2.24, 2.45) is 11.5 Å². The van der Waals surface area contributed by atoms with Crippen molar-refractivity contribution in [3.63, 3.8) is 0 Å². The fourth-order valence-electron chi connectivity index (χ4n) is 5.52. The maximum absolute atomic E-state index is 12.8. The van der Waals surface area contributed by atoms with Crippen molar-refractivity contribution in [2.45, 2.75) is 83.6 Å². The van der Waals surface area contributed by atoms with Crippen LogP contribution in [-0.4, -0.2) is 86.0 Å². The Bertz CT molecular complexity index is 1220. The van der Waals surface area contributed by atoms with E-state index in [-0.39, 0.29) is 17.8 Å². The van der Waals surface area contributed by atoms with Gasteiger partial charge in [0.15, 0.2) is 0 Å². The molecule has 1 aliphatic heterocycles. The van der Waals surface area contributed by atoms with Crippen LogP contribution < -0.4 is 22.5 Å². The lowest BCUT2D eigenvalue weighted by molar-refractivity contribution is -0.137. The van der Waals surface area contributed by atoms with Gasteiger partial charge in [-0.1, -0.05) is 12.1 Å². The first-order chi connectivity index (χ1) is 18.9. The van der Waals surface area contributed by atoms with E-state index in [0.717, 1.165) is 32.2 Å². The van der Waals surface area contributed by atoms with Gasteiger partial charge in [-0.05, 0) is 77.1 Å². The van der Waals surface area contributed by atoms with Crippen LogP contribution in [0.1, 0.15) is 58.9 Å². The number of carbonyl (C=O) groups is 2. The van der Waals surface area contributed by atoms with E-state index in [0.29, 0.717) is 50.0 Å². The summed E-state index contributed by atoms with van der Waals surface area (Å²) in [6.45, 7) is 10.2. The highest BCUT2D eigenvalue weighted by Crippen LogP contribution is 2.25. The number of urea groups is 1. The summed E-state index contributed by atoms with van der Waals surface area (Å²) in [5.74, 6) is 0.0433. The lowest BCUT2D eigenvalue weighted by Crippen LogP contribution is -2.58. The molecule has 2 aliphatic rings. The number of piperazine rings is 1. The van der Waals surface area contributed by atoms with Crippen LogP contribution in [0.15, 0.2) is 41.3 Å². The number of carbonyl (C=O) groups excluding carboxylic acids is 2. The first-order valence-electron chi connectivity index (χ1n) is 14.3. The zero-order chi connectivity index (χ0) is 29.0. The van der Waals surface area contributed by atoms with E-state index in [1.165, 1.54) is 10.1 Å². The second kappa shape index (κ2) is 12.5. The maximum Gasteiger partial charge on any atom is 0.354 e. The van der Waals surface area contributed by atoms with Crippen LogP contribution in [0.3, 0.4) is 0 Å². The minimum absolute atomic E-state index is 0.141. The Balaban J connectivity index is 1.34. The summed E-state index contributed by atoms with van der Waals surface area (Å²) in [5, 5.41) is 2.70. The van der Waals surface area contributed by atoms with Crippen molar-refractivity contribution in [3.05, 3.63) is 52.6 Å². The molecule has 2 aromatic rings. The van der Waals surface area contributed by atoms with E-state index in [2.05, 4.69) is 41.2 Å². The molecule has 5 N–H and O–H groups in total. The van der Waals surface area contributed by atoms with Gasteiger partial charge in [0, 0.05) is 57.0 Å². The molecule has 1 saturated carbocycles. The molecule has 2 heterocycles. The largest absolute Gasteiger partial charge is 0.354 e. The monoisotopic (exact) mass is 552 g/mol. The van der Waals surface area contributed by atoms with E-state index in [4.69, 9.17) is 11.5 Å². The summed E-state index contributed by atoms with van der Waals surface area (Å²) in [5.41, 5.74) is 12.5. The number of benzene rings is 1. The Morgan fingerprint density at radius 3 is 2.17 bits per heavy atom. The molecule has 2 fully saturated rings. The number of rotatable bonds is 7. The highest BCUT2D eigenvalue weighted by atomic mass is 16.2. The molecule has 40 heavy (non-hydrogen) atoms. The molecular weight excluding hydrogens is 508 g/mol. The van der Waals surface area contributed by atoms with E-state index >= 15 is 0 Å². The molecule has 1 aliphatic carbocycles. The summed E-state index contributed by atoms with van der Waals surface area (Å²) < 4.78 is 1.46. The highest BCUT2D eigenvalue weighted by Gasteiger charge is 2.31. The van der Waals surface area contributed by atoms with E-state index in [1.807, 2.05) is 12.1 Å². The molecule has 0 unspecified atom stereocenters. The van der Waals surface area contributed by atoms with Gasteiger partial charge < -0.3 is 21.3 Å². The molecule has 4 rings (SSSR count). The number of hydrogen-bond donors (Lipinski definition) is 3. The van der Waals surface area contributed by atoms with Crippen LogP contribution in [0.4, 0.5) is 10.6 Å². The average molecular weight is 553 g/mol. The third-order valence-corrected chi connectivity index (χ3v) is 7.90. The number of hydrogen-bond acceptors (Lipinski definition) is 7. The smallest absolute Gasteiger partial charge is 0.338 e. The van der Waals surface area contributed by atoms with Crippen LogP contribution in [0.2, 0.25) is 0 Å². The normalized spacial score (nSPS) is 20.2. The van der Waals surface area contributed by atoms with Crippen LogP contribution in [0.5, 0.6) is 0 Å². The van der Waals surface area contributed by atoms with Crippen molar-refractivity contribution in [2.75, 3.05) is 31.5 Å². The molecule has 1 saturated heterocycles. The first kappa shape index (κ1) is 29.7. The molecule has 1 aromatic heterocycles. The quantitative estimate of drug-likeness (QED) is 0.477. The molecule has 0 bridgehead atoms. The summed E-state index contributed by atoms with van der Waals surface area (Å²) in [6.07, 6.45) is 6.02. The third kappa shape index (κ3) is 7.26. The minimum Gasteiger partial charge on any atom is -0.338 e. The Kier molecular flexibility index (Phi) is 9.27. The van der Waals surface area contributed by atoms with Gasteiger partial charge in [0.05, 0.1) is 11.2 Å². The maximum atomic E-state index is 12.8. The van der Waals surface area contributed by atoms with Crippen LogP contribution in [-0.2, 0) is 11.3 Å². The molecule has 0 spiro atoms. The molecule has 0 radical (unpaired) electrons. The fraction of sp³-hybridized carbons (Fsp3) is 0.586. The number of aromatic nitrogens is 2. The standard InChI is InChI=1S/C29H44N8O3/c1-20(2)37(24-11-7-22(30)8-12-24)19-21-5-9-23(10-6-21)36-14-13-25(33-28(36)40)32-27(39)35-17-15-34(16-18-35)26(38)29(3,4)31/h5-6,9-10,13-14,20,22,24H,7-8,11-12,15-19,30-31H2,1-4H3,(H,32,33,39,40). The van der Waals surface area contributed by atoms with E-state index in [9.17, 15) is 14.4 Å². The molecule has 0 atom stereocenters. The summed E-state index contributed by atoms with van der Waals surface area (Å²) in [7, 11) is 0. The first-order valence-corrected chi connectivity index (χ1v) is 14.3. The lowest BCUT2D eigenvalue weighted by Gasteiger charge is -2.38. The van der Waals surface area contributed by atoms with Crippen molar-refractivity contribution in [1.82, 2.24) is 24.3 Å². The average Bonchev–Trinajstić information content (AvgIpc) is 2.92. The predicted molar refractivity (Wildman–Crippen MR) is 156 cm³/mol. The third-order valence-electron chi connectivity index (χ3n) is 7.90. The molecule has 3 amide bonds. The number of nitrogens with one attached hydrogen (secondary N) is 1. The van der Waals surface area contributed by atoms with Crippen LogP contribution >= 0.6 is 0 Å². The number of amides is 3. The van der Waals surface area contributed by atoms with Gasteiger partial charge in [0.25, 0.3) is 0 Å². The Morgan fingerprint density at radius 2 is 1.62 bits per heavy atom. The highest BCUT2D eigenvalue weighted by molar-refractivity contribution is 5.89. The van der Waals surface area contributed by atoms with Gasteiger partial charge in [-0.25, -0.2) is 9.59 Å². The predicted octanol–water partition coefficient (Wildman–Crippen LogP) is 2.13. The summed E-state index contributed by atoms with van der Waals surface area (Å²) >= 11 is 0. The topological polar surface area (TPSA) is 143 Å².